The second-order valence-electron chi connectivity index (χ2n) is 3.71. The maximum Gasteiger partial charge on any atom is 0.340 e. The lowest BCUT2D eigenvalue weighted by molar-refractivity contribution is 0.473. The fourth-order valence-electron chi connectivity index (χ4n) is 1.16. The quantitative estimate of drug-likeness (QED) is 0.507. The maximum absolute atomic E-state index is 11.8. The lowest BCUT2D eigenvalue weighted by Crippen LogP contribution is -2.13. The van der Waals surface area contributed by atoms with Gasteiger partial charge in [0.15, 0.2) is 0 Å². The van der Waals surface area contributed by atoms with Crippen LogP contribution in [0.25, 0.3) is 0 Å². The Morgan fingerprint density at radius 1 is 1.41 bits per heavy atom. The van der Waals surface area contributed by atoms with Crippen molar-refractivity contribution in [3.8, 4) is 0 Å². The summed E-state index contributed by atoms with van der Waals surface area (Å²) in [6, 6.07) is 6.40. The normalized spacial score (nSPS) is 11.0. The van der Waals surface area contributed by atoms with Crippen LogP contribution in [0.4, 0.5) is 5.69 Å². The molecule has 0 heterocycles. The van der Waals surface area contributed by atoms with Gasteiger partial charge in [0.1, 0.15) is 4.90 Å². The van der Waals surface area contributed by atoms with Crippen molar-refractivity contribution in [2.24, 2.45) is 0 Å². The Bertz CT molecular complexity index is 509. The molecule has 1 aromatic carbocycles. The molecule has 94 valence electrons. The van der Waals surface area contributed by atoms with Crippen LogP contribution in [-0.4, -0.2) is 28.4 Å². The molecule has 0 saturated carbocycles. The monoisotopic (exact) mass is 256 g/mol. The van der Waals surface area contributed by atoms with E-state index in [1.54, 1.807) is 24.0 Å². The van der Waals surface area contributed by atoms with E-state index >= 15 is 0 Å². The van der Waals surface area contributed by atoms with Crippen LogP contribution in [0, 0.1) is 5.41 Å². The second kappa shape index (κ2) is 5.18. The second-order valence-corrected chi connectivity index (χ2v) is 5.25. The van der Waals surface area contributed by atoms with Crippen LogP contribution in [0.15, 0.2) is 29.2 Å². The Labute approximate surface area is 102 Å². The average Bonchev–Trinajstić information content (AvgIpc) is 2.28. The fourth-order valence-corrected chi connectivity index (χ4v) is 2.15. The van der Waals surface area contributed by atoms with Crippen molar-refractivity contribution in [3.63, 3.8) is 0 Å². The number of hydrogen-bond acceptors (Lipinski definition) is 5. The number of nitrogens with zero attached hydrogens (tertiary/aromatic N) is 1. The number of benzene rings is 1. The molecule has 6 heteroatoms. The molecule has 0 aliphatic heterocycles. The number of hydrogen-bond donors (Lipinski definition) is 1. The van der Waals surface area contributed by atoms with Gasteiger partial charge in [-0.2, -0.15) is 8.42 Å². The standard InChI is InChI=1S/C11H16N2O3S/c1-4-11(12)16-17(14,15)10-7-5-6-9(8-10)13(2)3/h5-8,12H,4H2,1-3H3. The summed E-state index contributed by atoms with van der Waals surface area (Å²) < 4.78 is 28.2. The zero-order chi connectivity index (χ0) is 13.1. The molecule has 0 aliphatic carbocycles. The van der Waals surface area contributed by atoms with Crippen molar-refractivity contribution in [3.05, 3.63) is 24.3 Å². The van der Waals surface area contributed by atoms with Crippen LogP contribution in [0.2, 0.25) is 0 Å². The minimum Gasteiger partial charge on any atom is -0.378 e. The third kappa shape index (κ3) is 3.45. The molecule has 17 heavy (non-hydrogen) atoms. The zero-order valence-corrected chi connectivity index (χ0v) is 10.9. The summed E-state index contributed by atoms with van der Waals surface area (Å²) >= 11 is 0. The smallest absolute Gasteiger partial charge is 0.340 e. The fraction of sp³-hybridized carbons (Fsp3) is 0.364. The van der Waals surface area contributed by atoms with Crippen LogP contribution in [0.3, 0.4) is 0 Å². The molecular weight excluding hydrogens is 240 g/mol. The highest BCUT2D eigenvalue weighted by Gasteiger charge is 2.18. The summed E-state index contributed by atoms with van der Waals surface area (Å²) in [6.07, 6.45) is 0.243. The Morgan fingerprint density at radius 3 is 2.59 bits per heavy atom. The lowest BCUT2D eigenvalue weighted by atomic mass is 10.3. The molecule has 0 atom stereocenters. The summed E-state index contributed by atoms with van der Waals surface area (Å²) in [7, 11) is -0.239. The summed E-state index contributed by atoms with van der Waals surface area (Å²) in [5, 5.41) is 7.27. The van der Waals surface area contributed by atoms with Crippen LogP contribution < -0.4 is 4.90 Å². The van der Waals surface area contributed by atoms with Gasteiger partial charge < -0.3 is 9.08 Å². The summed E-state index contributed by atoms with van der Waals surface area (Å²) in [5.74, 6) is -0.264. The predicted molar refractivity (Wildman–Crippen MR) is 67.1 cm³/mol. The van der Waals surface area contributed by atoms with Gasteiger partial charge in [0.05, 0.1) is 0 Å². The van der Waals surface area contributed by atoms with Gasteiger partial charge in [0, 0.05) is 26.2 Å². The zero-order valence-electron chi connectivity index (χ0n) is 10.1. The topological polar surface area (TPSA) is 70.5 Å². The van der Waals surface area contributed by atoms with E-state index in [1.807, 2.05) is 14.1 Å². The highest BCUT2D eigenvalue weighted by atomic mass is 32.2. The first-order chi connectivity index (χ1) is 7.86. The van der Waals surface area contributed by atoms with Crippen LogP contribution in [0.5, 0.6) is 0 Å². The van der Waals surface area contributed by atoms with E-state index in [1.165, 1.54) is 12.1 Å². The molecule has 0 unspecified atom stereocenters. The summed E-state index contributed by atoms with van der Waals surface area (Å²) in [5.41, 5.74) is 0.762. The number of nitrogens with one attached hydrogen (secondary N) is 1. The van der Waals surface area contributed by atoms with Crippen molar-refractivity contribution < 1.29 is 12.6 Å². The van der Waals surface area contributed by atoms with Crippen LogP contribution in [-0.2, 0) is 14.3 Å². The minimum atomic E-state index is -3.88. The van der Waals surface area contributed by atoms with E-state index in [4.69, 9.17) is 5.41 Å². The van der Waals surface area contributed by atoms with Crippen LogP contribution >= 0.6 is 0 Å². The van der Waals surface area contributed by atoms with Gasteiger partial charge in [-0.3, -0.25) is 5.41 Å². The molecule has 0 aromatic heterocycles. The molecule has 0 aliphatic rings. The lowest BCUT2D eigenvalue weighted by Gasteiger charge is -2.13. The number of anilines is 1. The summed E-state index contributed by atoms with van der Waals surface area (Å²) in [6.45, 7) is 1.66. The first kappa shape index (κ1) is 13.5. The van der Waals surface area contributed by atoms with Crippen LogP contribution in [0.1, 0.15) is 13.3 Å². The van der Waals surface area contributed by atoms with Crippen molar-refractivity contribution in [1.29, 1.82) is 5.41 Å². The van der Waals surface area contributed by atoms with E-state index in [2.05, 4.69) is 4.18 Å². The minimum absolute atomic E-state index is 0.0573. The van der Waals surface area contributed by atoms with Crippen molar-refractivity contribution in [1.82, 2.24) is 0 Å². The van der Waals surface area contributed by atoms with Gasteiger partial charge in [0.25, 0.3) is 0 Å². The molecule has 1 aromatic rings. The first-order valence-corrected chi connectivity index (χ1v) is 6.57. The largest absolute Gasteiger partial charge is 0.378 e. The number of rotatable bonds is 4. The van der Waals surface area contributed by atoms with Crippen molar-refractivity contribution in [2.45, 2.75) is 18.2 Å². The van der Waals surface area contributed by atoms with E-state index in [0.717, 1.165) is 5.69 Å². The average molecular weight is 256 g/mol. The predicted octanol–water partition coefficient (Wildman–Crippen LogP) is 1.85. The molecule has 0 fully saturated rings. The highest BCUT2D eigenvalue weighted by Crippen LogP contribution is 2.19. The van der Waals surface area contributed by atoms with Gasteiger partial charge in [-0.15, -0.1) is 0 Å². The Kier molecular flexibility index (Phi) is 4.11. The van der Waals surface area contributed by atoms with Gasteiger partial charge in [-0.05, 0) is 18.2 Å². The molecule has 0 amide bonds. The molecule has 0 radical (unpaired) electrons. The van der Waals surface area contributed by atoms with E-state index < -0.39 is 10.1 Å². The SMILES string of the molecule is CCC(=N)OS(=O)(=O)c1cccc(N(C)C)c1. The van der Waals surface area contributed by atoms with E-state index in [9.17, 15) is 8.42 Å². The first-order valence-electron chi connectivity index (χ1n) is 5.16. The third-order valence-corrected chi connectivity index (χ3v) is 3.41. The van der Waals surface area contributed by atoms with Gasteiger partial charge >= 0.3 is 10.1 Å². The molecule has 0 saturated heterocycles. The Morgan fingerprint density at radius 2 is 2.06 bits per heavy atom. The molecule has 1 rings (SSSR count). The van der Waals surface area contributed by atoms with E-state index in [0.29, 0.717) is 0 Å². The van der Waals surface area contributed by atoms with Crippen molar-refractivity contribution in [2.75, 3.05) is 19.0 Å². The highest BCUT2D eigenvalue weighted by molar-refractivity contribution is 7.87. The Balaban J connectivity index is 3.07. The van der Waals surface area contributed by atoms with Gasteiger partial charge in [0.2, 0.25) is 5.90 Å². The van der Waals surface area contributed by atoms with Gasteiger partial charge in [-0.1, -0.05) is 13.0 Å². The summed E-state index contributed by atoms with van der Waals surface area (Å²) in [4.78, 5) is 1.85. The van der Waals surface area contributed by atoms with Crippen molar-refractivity contribution >= 4 is 21.7 Å². The van der Waals surface area contributed by atoms with E-state index in [-0.39, 0.29) is 17.2 Å². The molecule has 0 spiro atoms. The third-order valence-electron chi connectivity index (χ3n) is 2.15. The molecule has 0 bridgehead atoms. The van der Waals surface area contributed by atoms with Gasteiger partial charge in [-0.25, -0.2) is 0 Å². The molecule has 1 N–H and O–H groups in total. The molecule has 5 nitrogen and oxygen atoms in total. The Hall–Kier alpha value is -1.56. The maximum atomic E-state index is 11.8. The molecular formula is C11H16N2O3S.